The molecule has 0 saturated heterocycles. The lowest BCUT2D eigenvalue weighted by atomic mass is 10.0. The smallest absolute Gasteiger partial charge is 0.323 e. The minimum absolute atomic E-state index is 0.0819. The molecular formula is C12H17N3O3. The minimum Gasteiger partial charge on any atom is -0.323 e. The van der Waals surface area contributed by atoms with E-state index in [2.05, 4.69) is 21.4 Å². The van der Waals surface area contributed by atoms with E-state index in [1.54, 1.807) is 0 Å². The summed E-state index contributed by atoms with van der Waals surface area (Å²) in [6.45, 7) is 5.32. The Balaban J connectivity index is 2.86. The fourth-order valence-corrected chi connectivity index (χ4v) is 2.24. The predicted molar refractivity (Wildman–Crippen MR) is 64.6 cm³/mol. The van der Waals surface area contributed by atoms with Crippen LogP contribution < -0.4 is 5.32 Å². The molecule has 1 aliphatic rings. The number of carbonyl (C=O) groups excluding carboxylic acids is 2. The van der Waals surface area contributed by atoms with E-state index in [-0.39, 0.29) is 28.7 Å². The molecule has 1 fully saturated rings. The zero-order valence-electron chi connectivity index (χ0n) is 11.0. The van der Waals surface area contributed by atoms with Gasteiger partial charge in [0.25, 0.3) is 0 Å². The van der Waals surface area contributed by atoms with Crippen LogP contribution in [0.5, 0.6) is 0 Å². The van der Waals surface area contributed by atoms with E-state index in [0.29, 0.717) is 6.42 Å². The number of hydrogen-bond acceptors (Lipinski definition) is 5. The highest BCUT2D eigenvalue weighted by Gasteiger charge is 2.60. The van der Waals surface area contributed by atoms with Crippen LogP contribution in [0.15, 0.2) is 5.16 Å². The average Bonchev–Trinajstić information content (AvgIpc) is 2.81. The first-order valence-corrected chi connectivity index (χ1v) is 5.70. The number of ketones is 1. The molecule has 98 valence electrons. The number of rotatable bonds is 4. The van der Waals surface area contributed by atoms with E-state index in [1.807, 2.05) is 13.8 Å². The third-order valence-corrected chi connectivity index (χ3v) is 3.45. The Morgan fingerprint density at radius 1 is 1.50 bits per heavy atom. The second-order valence-corrected chi connectivity index (χ2v) is 4.93. The van der Waals surface area contributed by atoms with Crippen LogP contribution >= 0.6 is 0 Å². The predicted octanol–water partition coefficient (Wildman–Crippen LogP) is 1.47. The van der Waals surface area contributed by atoms with E-state index >= 15 is 0 Å². The van der Waals surface area contributed by atoms with Gasteiger partial charge in [0.2, 0.25) is 0 Å². The number of carbonyl (C=O) groups is 2. The fraction of sp³-hybridized carbons (Fsp3) is 0.667. The van der Waals surface area contributed by atoms with E-state index in [0.717, 1.165) is 0 Å². The number of nitriles is 1. The Morgan fingerprint density at radius 2 is 2.11 bits per heavy atom. The molecule has 1 N–H and O–H groups in total. The summed E-state index contributed by atoms with van der Waals surface area (Å²) in [6.07, 6.45) is -0.353. The molecule has 2 unspecified atom stereocenters. The quantitative estimate of drug-likeness (QED) is 0.465. The van der Waals surface area contributed by atoms with Gasteiger partial charge in [0.15, 0.2) is 5.78 Å². The number of amides is 1. The highest BCUT2D eigenvalue weighted by atomic mass is 16.7. The molecular weight excluding hydrogens is 234 g/mol. The summed E-state index contributed by atoms with van der Waals surface area (Å²) in [4.78, 5) is 27.1. The lowest BCUT2D eigenvalue weighted by molar-refractivity contribution is -0.111. The van der Waals surface area contributed by atoms with Crippen molar-refractivity contribution in [1.82, 2.24) is 5.32 Å². The molecule has 0 spiro atoms. The summed E-state index contributed by atoms with van der Waals surface area (Å²) in [5.74, 6) is -0.282. The van der Waals surface area contributed by atoms with Crippen LogP contribution in [0.3, 0.4) is 0 Å². The molecule has 0 aliphatic heterocycles. The molecule has 0 aromatic heterocycles. The van der Waals surface area contributed by atoms with E-state index < -0.39 is 6.09 Å². The number of oxime groups is 1. The second kappa shape index (κ2) is 5.17. The first kappa shape index (κ1) is 14.2. The molecule has 0 bridgehead atoms. The molecule has 1 aliphatic carbocycles. The van der Waals surface area contributed by atoms with Gasteiger partial charge < -0.3 is 5.32 Å². The van der Waals surface area contributed by atoms with Crippen molar-refractivity contribution in [1.29, 1.82) is 5.26 Å². The standard InChI is InChI=1S/C12H17N3O3/c1-7(16)10(15-18-11(17)14-4)9-8(5-6-13)12(9,2)3/h8-9H,5H2,1-4H3,(H,14,17). The maximum Gasteiger partial charge on any atom is 0.433 e. The summed E-state index contributed by atoms with van der Waals surface area (Å²) in [7, 11) is 1.41. The second-order valence-electron chi connectivity index (χ2n) is 4.93. The molecule has 6 heteroatoms. The van der Waals surface area contributed by atoms with Gasteiger partial charge in [0.05, 0.1) is 6.07 Å². The molecule has 1 saturated carbocycles. The summed E-state index contributed by atoms with van der Waals surface area (Å²) in [6, 6.07) is 2.10. The Labute approximate surface area is 106 Å². The van der Waals surface area contributed by atoms with Crippen molar-refractivity contribution in [3.05, 3.63) is 0 Å². The van der Waals surface area contributed by atoms with Crippen molar-refractivity contribution in [2.24, 2.45) is 22.4 Å². The Hall–Kier alpha value is -1.90. The van der Waals surface area contributed by atoms with Crippen LogP contribution in [0.25, 0.3) is 0 Å². The van der Waals surface area contributed by atoms with Crippen LogP contribution in [0, 0.1) is 28.6 Å². The number of nitrogens with one attached hydrogen (secondary N) is 1. The summed E-state index contributed by atoms with van der Waals surface area (Å²) in [5, 5.41) is 14.6. The molecule has 0 aromatic rings. The third kappa shape index (κ3) is 2.67. The first-order valence-electron chi connectivity index (χ1n) is 5.70. The zero-order valence-corrected chi connectivity index (χ0v) is 11.0. The Kier molecular flexibility index (Phi) is 4.07. The van der Waals surface area contributed by atoms with Crippen molar-refractivity contribution < 1.29 is 14.4 Å². The summed E-state index contributed by atoms with van der Waals surface area (Å²) < 4.78 is 0. The van der Waals surface area contributed by atoms with Gasteiger partial charge in [-0.1, -0.05) is 19.0 Å². The van der Waals surface area contributed by atoms with Crippen LogP contribution in [0.1, 0.15) is 27.2 Å². The van der Waals surface area contributed by atoms with Gasteiger partial charge in [-0.15, -0.1) is 0 Å². The zero-order chi connectivity index (χ0) is 13.9. The molecule has 1 rings (SSSR count). The van der Waals surface area contributed by atoms with Crippen molar-refractivity contribution in [3.8, 4) is 6.07 Å². The minimum atomic E-state index is -0.718. The Bertz CT molecular complexity index is 434. The summed E-state index contributed by atoms with van der Waals surface area (Å²) in [5.41, 5.74) is 0.0654. The van der Waals surface area contributed by atoms with E-state index in [4.69, 9.17) is 5.26 Å². The van der Waals surface area contributed by atoms with Gasteiger partial charge in [-0.2, -0.15) is 5.26 Å². The first-order chi connectivity index (χ1) is 8.36. The molecule has 1 amide bonds. The maximum atomic E-state index is 11.5. The van der Waals surface area contributed by atoms with Crippen molar-refractivity contribution in [3.63, 3.8) is 0 Å². The number of hydrogen-bond donors (Lipinski definition) is 1. The molecule has 18 heavy (non-hydrogen) atoms. The topological polar surface area (TPSA) is 91.5 Å². The molecule has 0 heterocycles. The van der Waals surface area contributed by atoms with Gasteiger partial charge >= 0.3 is 6.09 Å². The maximum absolute atomic E-state index is 11.5. The van der Waals surface area contributed by atoms with E-state index in [9.17, 15) is 9.59 Å². The lowest BCUT2D eigenvalue weighted by Crippen LogP contribution is -2.21. The normalized spacial score (nSPS) is 24.9. The van der Waals surface area contributed by atoms with Crippen LogP contribution in [-0.2, 0) is 9.63 Å². The molecule has 0 radical (unpaired) electrons. The van der Waals surface area contributed by atoms with Gasteiger partial charge in [0, 0.05) is 26.3 Å². The largest absolute Gasteiger partial charge is 0.433 e. The highest BCUT2D eigenvalue weighted by molar-refractivity contribution is 6.40. The number of nitrogens with zero attached hydrogens (tertiary/aromatic N) is 2. The van der Waals surface area contributed by atoms with Gasteiger partial charge in [-0.05, 0) is 11.3 Å². The van der Waals surface area contributed by atoms with E-state index in [1.165, 1.54) is 14.0 Å². The van der Waals surface area contributed by atoms with Crippen LogP contribution in [0.2, 0.25) is 0 Å². The highest BCUT2D eigenvalue weighted by Crippen LogP contribution is 2.60. The van der Waals surface area contributed by atoms with Crippen molar-refractivity contribution >= 4 is 17.6 Å². The van der Waals surface area contributed by atoms with Gasteiger partial charge in [-0.25, -0.2) is 4.79 Å². The lowest BCUT2D eigenvalue weighted by Gasteiger charge is -2.03. The van der Waals surface area contributed by atoms with Crippen molar-refractivity contribution in [2.75, 3.05) is 7.05 Å². The van der Waals surface area contributed by atoms with Crippen LogP contribution in [0.4, 0.5) is 4.79 Å². The third-order valence-electron chi connectivity index (χ3n) is 3.45. The molecule has 2 atom stereocenters. The van der Waals surface area contributed by atoms with Crippen molar-refractivity contribution in [2.45, 2.75) is 27.2 Å². The monoisotopic (exact) mass is 251 g/mol. The van der Waals surface area contributed by atoms with Gasteiger partial charge in [-0.3, -0.25) is 9.63 Å². The van der Waals surface area contributed by atoms with Gasteiger partial charge in [0.1, 0.15) is 5.71 Å². The Morgan fingerprint density at radius 3 is 2.56 bits per heavy atom. The fourth-order valence-electron chi connectivity index (χ4n) is 2.24. The number of Topliss-reactive ketones (excluding diaryl/α,β-unsaturated/α-hetero) is 1. The average molecular weight is 251 g/mol. The summed E-state index contributed by atoms with van der Waals surface area (Å²) >= 11 is 0. The molecule has 6 nitrogen and oxygen atoms in total. The SMILES string of the molecule is CNC(=O)ON=C(C(C)=O)C1C(CC#N)C1(C)C. The van der Waals surface area contributed by atoms with Crippen LogP contribution in [-0.4, -0.2) is 24.6 Å². The molecule has 0 aromatic carbocycles.